The van der Waals surface area contributed by atoms with Crippen molar-refractivity contribution in [3.8, 4) is 5.75 Å². The van der Waals surface area contributed by atoms with Crippen LogP contribution in [-0.2, 0) is 13.2 Å². The van der Waals surface area contributed by atoms with E-state index in [1.807, 2.05) is 18.2 Å². The Hall–Kier alpha value is -1.32. The van der Waals surface area contributed by atoms with Gasteiger partial charge in [-0.1, -0.05) is 42.8 Å². The quantitative estimate of drug-likeness (QED) is 0.743. The molecular weight excluding hydrogens is 338 g/mol. The van der Waals surface area contributed by atoms with Crippen LogP contribution in [0.4, 0.5) is 0 Å². The molecule has 0 aromatic heterocycles. The van der Waals surface area contributed by atoms with Gasteiger partial charge in [-0.05, 0) is 65.1 Å². The van der Waals surface area contributed by atoms with E-state index in [9.17, 15) is 0 Å². The lowest BCUT2D eigenvalue weighted by Gasteiger charge is -2.26. The van der Waals surface area contributed by atoms with Gasteiger partial charge in [0.2, 0.25) is 0 Å². The topological polar surface area (TPSA) is 12.5 Å². The molecule has 0 radical (unpaired) electrons. The Morgan fingerprint density at radius 1 is 0.909 bits per heavy atom. The summed E-state index contributed by atoms with van der Waals surface area (Å²) >= 11 is 3.59. The summed E-state index contributed by atoms with van der Waals surface area (Å²) in [5, 5.41) is 0. The molecule has 3 heteroatoms. The van der Waals surface area contributed by atoms with E-state index in [4.69, 9.17) is 4.74 Å². The molecule has 0 amide bonds. The summed E-state index contributed by atoms with van der Waals surface area (Å²) in [5.74, 6) is 0.929. The van der Waals surface area contributed by atoms with E-state index >= 15 is 0 Å². The molecule has 0 saturated carbocycles. The highest BCUT2D eigenvalue weighted by Gasteiger charge is 2.11. The van der Waals surface area contributed by atoms with Gasteiger partial charge in [0.05, 0.1) is 4.47 Å². The largest absolute Gasteiger partial charge is 0.488 e. The standard InChI is InChI=1S/C19H22BrNO/c20-18-10-9-17(14-21-11-5-2-6-12-21)13-19(18)22-15-16-7-3-1-4-8-16/h1,3-4,7-10,13H,2,5-6,11-12,14-15H2. The van der Waals surface area contributed by atoms with E-state index < -0.39 is 0 Å². The van der Waals surface area contributed by atoms with E-state index in [1.54, 1.807) is 0 Å². The Balaban J connectivity index is 1.64. The normalized spacial score (nSPS) is 15.7. The Bertz CT molecular complexity index is 594. The van der Waals surface area contributed by atoms with Crippen molar-refractivity contribution in [1.29, 1.82) is 0 Å². The van der Waals surface area contributed by atoms with E-state index in [1.165, 1.54) is 43.5 Å². The number of halogens is 1. The molecule has 2 aromatic carbocycles. The minimum atomic E-state index is 0.604. The molecule has 1 fully saturated rings. The third-order valence-corrected chi connectivity index (χ3v) is 4.74. The summed E-state index contributed by atoms with van der Waals surface area (Å²) in [4.78, 5) is 2.54. The van der Waals surface area contributed by atoms with Gasteiger partial charge in [0.25, 0.3) is 0 Å². The first-order chi connectivity index (χ1) is 10.8. The Kier molecular flexibility index (Phi) is 5.52. The lowest BCUT2D eigenvalue weighted by molar-refractivity contribution is 0.220. The van der Waals surface area contributed by atoms with Gasteiger partial charge < -0.3 is 4.74 Å². The molecule has 22 heavy (non-hydrogen) atoms. The lowest BCUT2D eigenvalue weighted by atomic mass is 10.1. The van der Waals surface area contributed by atoms with Gasteiger partial charge in [-0.2, -0.15) is 0 Å². The molecule has 0 aliphatic carbocycles. The molecule has 116 valence electrons. The fraction of sp³-hybridized carbons (Fsp3) is 0.368. The van der Waals surface area contributed by atoms with Crippen LogP contribution in [0.1, 0.15) is 30.4 Å². The van der Waals surface area contributed by atoms with Crippen molar-refractivity contribution >= 4 is 15.9 Å². The van der Waals surface area contributed by atoms with Crippen LogP contribution in [0, 0.1) is 0 Å². The lowest BCUT2D eigenvalue weighted by Crippen LogP contribution is -2.29. The van der Waals surface area contributed by atoms with Gasteiger partial charge in [0, 0.05) is 6.54 Å². The van der Waals surface area contributed by atoms with E-state index in [0.29, 0.717) is 6.61 Å². The number of hydrogen-bond acceptors (Lipinski definition) is 2. The highest BCUT2D eigenvalue weighted by atomic mass is 79.9. The van der Waals surface area contributed by atoms with E-state index in [-0.39, 0.29) is 0 Å². The second-order valence-corrected chi connectivity index (χ2v) is 6.73. The van der Waals surface area contributed by atoms with Crippen LogP contribution < -0.4 is 4.74 Å². The molecule has 3 rings (SSSR count). The van der Waals surface area contributed by atoms with Crippen LogP contribution in [-0.4, -0.2) is 18.0 Å². The van der Waals surface area contributed by atoms with Crippen molar-refractivity contribution in [2.45, 2.75) is 32.4 Å². The Morgan fingerprint density at radius 2 is 1.68 bits per heavy atom. The highest BCUT2D eigenvalue weighted by Crippen LogP contribution is 2.28. The molecule has 2 nitrogen and oxygen atoms in total. The molecule has 1 heterocycles. The third-order valence-electron chi connectivity index (χ3n) is 4.09. The molecule has 1 saturated heterocycles. The molecule has 0 spiro atoms. The van der Waals surface area contributed by atoms with Gasteiger partial charge in [0.1, 0.15) is 12.4 Å². The van der Waals surface area contributed by atoms with Crippen LogP contribution in [0.5, 0.6) is 5.75 Å². The number of piperidine rings is 1. The summed E-state index contributed by atoms with van der Waals surface area (Å²) < 4.78 is 7.01. The first-order valence-corrected chi connectivity index (χ1v) is 8.78. The number of ether oxygens (including phenoxy) is 1. The average Bonchev–Trinajstić information content (AvgIpc) is 2.57. The van der Waals surface area contributed by atoms with Crippen molar-refractivity contribution in [1.82, 2.24) is 4.90 Å². The van der Waals surface area contributed by atoms with Gasteiger partial charge in [-0.15, -0.1) is 0 Å². The maximum absolute atomic E-state index is 5.99. The summed E-state index contributed by atoms with van der Waals surface area (Å²) in [6.07, 6.45) is 4.03. The molecule has 1 aliphatic rings. The second kappa shape index (κ2) is 7.80. The van der Waals surface area contributed by atoms with Gasteiger partial charge in [-0.25, -0.2) is 0 Å². The minimum absolute atomic E-state index is 0.604. The smallest absolute Gasteiger partial charge is 0.134 e. The van der Waals surface area contributed by atoms with Crippen molar-refractivity contribution < 1.29 is 4.74 Å². The highest BCUT2D eigenvalue weighted by molar-refractivity contribution is 9.10. The first-order valence-electron chi connectivity index (χ1n) is 7.99. The maximum Gasteiger partial charge on any atom is 0.134 e. The molecule has 1 aliphatic heterocycles. The zero-order chi connectivity index (χ0) is 15.2. The van der Waals surface area contributed by atoms with Crippen LogP contribution in [0.3, 0.4) is 0 Å². The number of benzene rings is 2. The molecule has 2 aromatic rings. The first kappa shape index (κ1) is 15.6. The van der Waals surface area contributed by atoms with Gasteiger partial charge in [0.15, 0.2) is 0 Å². The average molecular weight is 360 g/mol. The zero-order valence-electron chi connectivity index (χ0n) is 12.8. The monoisotopic (exact) mass is 359 g/mol. The van der Waals surface area contributed by atoms with E-state index in [2.05, 4.69) is 51.2 Å². The number of hydrogen-bond donors (Lipinski definition) is 0. The maximum atomic E-state index is 5.99. The van der Waals surface area contributed by atoms with Crippen molar-refractivity contribution in [2.24, 2.45) is 0 Å². The zero-order valence-corrected chi connectivity index (χ0v) is 14.4. The minimum Gasteiger partial charge on any atom is -0.488 e. The molecule has 0 N–H and O–H groups in total. The molecular formula is C19H22BrNO. The predicted octanol–water partition coefficient (Wildman–Crippen LogP) is 5.01. The van der Waals surface area contributed by atoms with Crippen LogP contribution in [0.2, 0.25) is 0 Å². The number of likely N-dealkylation sites (tertiary alicyclic amines) is 1. The summed E-state index contributed by atoms with van der Waals surface area (Å²) in [6, 6.07) is 16.7. The van der Waals surface area contributed by atoms with Gasteiger partial charge in [-0.3, -0.25) is 4.90 Å². The Labute approximate surface area is 141 Å². The van der Waals surface area contributed by atoms with Gasteiger partial charge >= 0.3 is 0 Å². The van der Waals surface area contributed by atoms with E-state index in [0.717, 1.165) is 16.8 Å². The third kappa shape index (κ3) is 4.34. The van der Waals surface area contributed by atoms with Crippen molar-refractivity contribution in [2.75, 3.05) is 13.1 Å². The second-order valence-electron chi connectivity index (χ2n) is 5.88. The Morgan fingerprint density at radius 3 is 2.45 bits per heavy atom. The van der Waals surface area contributed by atoms with Crippen LogP contribution in [0.25, 0.3) is 0 Å². The molecule has 0 bridgehead atoms. The fourth-order valence-electron chi connectivity index (χ4n) is 2.87. The summed E-state index contributed by atoms with van der Waals surface area (Å²) in [6.45, 7) is 4.06. The fourth-order valence-corrected chi connectivity index (χ4v) is 3.23. The van der Waals surface area contributed by atoms with Crippen molar-refractivity contribution in [3.05, 3.63) is 64.1 Å². The number of nitrogens with zero attached hydrogens (tertiary/aromatic N) is 1. The van der Waals surface area contributed by atoms with Crippen LogP contribution in [0.15, 0.2) is 53.0 Å². The van der Waals surface area contributed by atoms with Crippen LogP contribution >= 0.6 is 15.9 Å². The molecule has 0 unspecified atom stereocenters. The summed E-state index contributed by atoms with van der Waals surface area (Å²) in [7, 11) is 0. The van der Waals surface area contributed by atoms with Crippen molar-refractivity contribution in [3.63, 3.8) is 0 Å². The number of rotatable bonds is 5. The SMILES string of the molecule is Brc1ccc(CN2CCCCC2)cc1OCc1ccccc1. The molecule has 0 atom stereocenters. The predicted molar refractivity (Wildman–Crippen MR) is 94.0 cm³/mol. The summed E-state index contributed by atoms with van der Waals surface area (Å²) in [5.41, 5.74) is 2.52.